The van der Waals surface area contributed by atoms with Gasteiger partial charge in [-0.15, -0.1) is 11.3 Å². The van der Waals surface area contributed by atoms with Gasteiger partial charge < -0.3 is 19.7 Å². The number of benzene rings is 2. The summed E-state index contributed by atoms with van der Waals surface area (Å²) in [5.41, 5.74) is 2.11. The number of thiazole rings is 1. The first kappa shape index (κ1) is 19.3. The van der Waals surface area contributed by atoms with E-state index in [1.165, 1.54) is 14.6 Å². The number of carbonyl (C=O) groups excluding carboxylic acids is 1. The smallest absolute Gasteiger partial charge is 0.275 e. The van der Waals surface area contributed by atoms with E-state index in [0.29, 0.717) is 12.5 Å². The maximum atomic E-state index is 12.7. The van der Waals surface area contributed by atoms with Crippen LogP contribution in [0, 0.1) is 0 Å². The predicted octanol–water partition coefficient (Wildman–Crippen LogP) is 2.66. The number of carbonyl (C=O) groups is 1. The summed E-state index contributed by atoms with van der Waals surface area (Å²) in [5, 5.41) is 4.35. The summed E-state index contributed by atoms with van der Waals surface area (Å²) in [6.07, 6.45) is 2.28. The highest BCUT2D eigenvalue weighted by Crippen LogP contribution is 2.34. The molecule has 1 amide bonds. The fourth-order valence-electron chi connectivity index (χ4n) is 4.37. The number of quaternary nitrogens is 1. The SMILES string of the molecule is C[C@@H](NC(=O)C[NH+]1CCC[C@H](c2nc3ccccc3s2)C1)c1ccc2c(c1)OCO2. The van der Waals surface area contributed by atoms with Crippen LogP contribution >= 0.6 is 11.3 Å². The van der Waals surface area contributed by atoms with Crippen LogP contribution in [0.15, 0.2) is 42.5 Å². The Morgan fingerprint density at radius 3 is 3.03 bits per heavy atom. The molecule has 0 bridgehead atoms. The van der Waals surface area contributed by atoms with Gasteiger partial charge >= 0.3 is 0 Å². The molecule has 1 unspecified atom stereocenters. The molecule has 0 saturated carbocycles. The fraction of sp³-hybridized carbons (Fsp3) is 0.391. The summed E-state index contributed by atoms with van der Waals surface area (Å²) in [6, 6.07) is 14.1. The molecule has 1 fully saturated rings. The van der Waals surface area contributed by atoms with Crippen molar-refractivity contribution < 1.29 is 19.2 Å². The van der Waals surface area contributed by atoms with Crippen LogP contribution in [0.4, 0.5) is 0 Å². The summed E-state index contributed by atoms with van der Waals surface area (Å²) in [6.45, 7) is 4.76. The Kier molecular flexibility index (Phi) is 5.31. The van der Waals surface area contributed by atoms with Gasteiger partial charge in [0.25, 0.3) is 5.91 Å². The van der Waals surface area contributed by atoms with E-state index in [1.807, 2.05) is 31.2 Å². The van der Waals surface area contributed by atoms with Gasteiger partial charge in [0.15, 0.2) is 18.0 Å². The molecule has 0 spiro atoms. The maximum Gasteiger partial charge on any atom is 0.275 e. The Labute approximate surface area is 179 Å². The number of ether oxygens (including phenoxy) is 2. The number of piperidine rings is 1. The van der Waals surface area contributed by atoms with E-state index in [0.717, 1.165) is 48.5 Å². The van der Waals surface area contributed by atoms with Gasteiger partial charge in [0.1, 0.15) is 5.01 Å². The Bertz CT molecular complexity index is 1030. The van der Waals surface area contributed by atoms with Crippen LogP contribution in [0.3, 0.4) is 0 Å². The monoisotopic (exact) mass is 424 g/mol. The van der Waals surface area contributed by atoms with Crippen molar-refractivity contribution in [1.82, 2.24) is 10.3 Å². The first-order chi connectivity index (χ1) is 14.7. The number of rotatable bonds is 5. The van der Waals surface area contributed by atoms with Gasteiger partial charge in [0, 0.05) is 0 Å². The van der Waals surface area contributed by atoms with Crippen molar-refractivity contribution in [1.29, 1.82) is 0 Å². The summed E-state index contributed by atoms with van der Waals surface area (Å²) in [4.78, 5) is 18.9. The average Bonchev–Trinajstić information content (AvgIpc) is 3.40. The highest BCUT2D eigenvalue weighted by Gasteiger charge is 2.28. The van der Waals surface area contributed by atoms with Crippen LogP contribution in [0.1, 0.15) is 42.3 Å². The van der Waals surface area contributed by atoms with Crippen LogP contribution < -0.4 is 19.7 Å². The van der Waals surface area contributed by atoms with E-state index in [9.17, 15) is 4.79 Å². The number of amides is 1. The van der Waals surface area contributed by atoms with Gasteiger partial charge in [-0.3, -0.25) is 4.79 Å². The second kappa shape index (κ2) is 8.24. The second-order valence-electron chi connectivity index (χ2n) is 8.14. The molecular weight excluding hydrogens is 398 g/mol. The number of fused-ring (bicyclic) bond motifs is 2. The van der Waals surface area contributed by atoms with Crippen LogP contribution in [0.2, 0.25) is 0 Å². The lowest BCUT2D eigenvalue weighted by Crippen LogP contribution is -3.14. The normalized spacial score (nSPS) is 21.5. The van der Waals surface area contributed by atoms with Crippen molar-refractivity contribution in [2.75, 3.05) is 26.4 Å². The molecule has 30 heavy (non-hydrogen) atoms. The van der Waals surface area contributed by atoms with Gasteiger partial charge in [-0.05, 0) is 49.6 Å². The minimum atomic E-state index is -0.0729. The summed E-state index contributed by atoms with van der Waals surface area (Å²) < 4.78 is 12.1. The predicted molar refractivity (Wildman–Crippen MR) is 116 cm³/mol. The van der Waals surface area contributed by atoms with Crippen molar-refractivity contribution in [3.05, 3.63) is 53.0 Å². The molecule has 3 heterocycles. The highest BCUT2D eigenvalue weighted by molar-refractivity contribution is 7.18. The van der Waals surface area contributed by atoms with Crippen molar-refractivity contribution >= 4 is 27.5 Å². The molecule has 5 rings (SSSR count). The zero-order chi connectivity index (χ0) is 20.5. The molecule has 0 aliphatic carbocycles. The van der Waals surface area contributed by atoms with E-state index < -0.39 is 0 Å². The molecule has 156 valence electrons. The lowest BCUT2D eigenvalue weighted by molar-refractivity contribution is -0.898. The molecule has 2 aliphatic heterocycles. The standard InChI is InChI=1S/C23H25N3O3S/c1-15(16-8-9-19-20(11-16)29-14-28-19)24-22(27)13-26-10-4-5-17(12-26)23-25-18-6-2-3-7-21(18)30-23/h2-3,6-9,11,15,17H,4-5,10,12-14H2,1H3,(H,24,27)/p+1/t15-,17+/m1/s1. The molecule has 7 heteroatoms. The number of nitrogens with one attached hydrogen (secondary N) is 2. The van der Waals surface area contributed by atoms with Crippen LogP contribution in [-0.4, -0.2) is 37.3 Å². The quantitative estimate of drug-likeness (QED) is 0.661. The zero-order valence-electron chi connectivity index (χ0n) is 17.0. The van der Waals surface area contributed by atoms with Gasteiger partial charge in [-0.1, -0.05) is 18.2 Å². The van der Waals surface area contributed by atoms with Gasteiger partial charge in [-0.2, -0.15) is 0 Å². The largest absolute Gasteiger partial charge is 0.454 e. The number of hydrogen-bond donors (Lipinski definition) is 2. The van der Waals surface area contributed by atoms with Crippen molar-refractivity contribution in [2.45, 2.75) is 31.7 Å². The number of likely N-dealkylation sites (tertiary alicyclic amines) is 1. The fourth-order valence-corrected chi connectivity index (χ4v) is 5.47. The zero-order valence-corrected chi connectivity index (χ0v) is 17.8. The van der Waals surface area contributed by atoms with Crippen LogP contribution in [-0.2, 0) is 4.79 Å². The summed E-state index contributed by atoms with van der Waals surface area (Å²) >= 11 is 1.80. The van der Waals surface area contributed by atoms with Crippen LogP contribution in [0.5, 0.6) is 11.5 Å². The van der Waals surface area contributed by atoms with Gasteiger partial charge in [-0.25, -0.2) is 4.98 Å². The lowest BCUT2D eigenvalue weighted by atomic mass is 9.98. The Morgan fingerprint density at radius 1 is 1.27 bits per heavy atom. The molecule has 1 saturated heterocycles. The van der Waals surface area contributed by atoms with E-state index >= 15 is 0 Å². The molecule has 2 aliphatic rings. The molecule has 3 atom stereocenters. The van der Waals surface area contributed by atoms with E-state index in [-0.39, 0.29) is 18.7 Å². The summed E-state index contributed by atoms with van der Waals surface area (Å²) in [7, 11) is 0. The lowest BCUT2D eigenvalue weighted by Gasteiger charge is -2.28. The molecule has 0 radical (unpaired) electrons. The Balaban J connectivity index is 1.19. The van der Waals surface area contributed by atoms with E-state index in [4.69, 9.17) is 14.5 Å². The third-order valence-electron chi connectivity index (χ3n) is 5.96. The number of hydrogen-bond acceptors (Lipinski definition) is 5. The topological polar surface area (TPSA) is 64.9 Å². The minimum absolute atomic E-state index is 0.0729. The van der Waals surface area contributed by atoms with E-state index in [1.54, 1.807) is 11.3 Å². The van der Waals surface area contributed by atoms with Crippen molar-refractivity contribution in [3.8, 4) is 11.5 Å². The highest BCUT2D eigenvalue weighted by atomic mass is 32.1. The summed E-state index contributed by atoms with van der Waals surface area (Å²) in [5.74, 6) is 2.02. The number of para-hydroxylation sites is 1. The maximum absolute atomic E-state index is 12.7. The molecular formula is C23H26N3O3S+. The van der Waals surface area contributed by atoms with E-state index in [2.05, 4.69) is 23.5 Å². The molecule has 2 N–H and O–H groups in total. The second-order valence-corrected chi connectivity index (χ2v) is 9.20. The molecule has 3 aromatic rings. The molecule has 6 nitrogen and oxygen atoms in total. The van der Waals surface area contributed by atoms with Crippen molar-refractivity contribution in [2.24, 2.45) is 0 Å². The van der Waals surface area contributed by atoms with Crippen molar-refractivity contribution in [3.63, 3.8) is 0 Å². The number of nitrogens with zero attached hydrogens (tertiary/aromatic N) is 1. The van der Waals surface area contributed by atoms with Gasteiger partial charge in [0.05, 0.1) is 35.3 Å². The third-order valence-corrected chi connectivity index (χ3v) is 7.16. The Morgan fingerprint density at radius 2 is 2.13 bits per heavy atom. The average molecular weight is 425 g/mol. The van der Waals surface area contributed by atoms with Crippen LogP contribution in [0.25, 0.3) is 10.2 Å². The molecule has 2 aromatic carbocycles. The third kappa shape index (κ3) is 4.00. The minimum Gasteiger partial charge on any atom is -0.454 e. The molecule has 1 aromatic heterocycles. The van der Waals surface area contributed by atoms with Gasteiger partial charge in [0.2, 0.25) is 6.79 Å². The Hall–Kier alpha value is -2.64. The first-order valence-electron chi connectivity index (χ1n) is 10.5. The first-order valence-corrected chi connectivity index (χ1v) is 11.4. The number of aromatic nitrogens is 1.